The van der Waals surface area contributed by atoms with Crippen LogP contribution >= 0.6 is 0 Å². The second kappa shape index (κ2) is 5.24. The Balaban J connectivity index is 2.66. The molecule has 1 atom stereocenters. The number of aromatic nitrogens is 1. The molecule has 0 fully saturated rings. The molecule has 0 unspecified atom stereocenters. The molecule has 3 N–H and O–H groups in total. The molecule has 0 aliphatic heterocycles. The summed E-state index contributed by atoms with van der Waals surface area (Å²) >= 11 is 0. The van der Waals surface area contributed by atoms with E-state index >= 15 is 0 Å². The Morgan fingerprint density at radius 1 is 1.50 bits per heavy atom. The fourth-order valence-electron chi connectivity index (χ4n) is 0.991. The molecule has 1 heterocycles. The Labute approximate surface area is 93.9 Å². The van der Waals surface area contributed by atoms with Gasteiger partial charge in [-0.15, -0.1) is 0 Å². The van der Waals surface area contributed by atoms with E-state index in [2.05, 4.69) is 10.3 Å². The Hall–Kier alpha value is -1.18. The lowest BCUT2D eigenvalue weighted by molar-refractivity contribution is 0.105. The topological polar surface area (TPSA) is 99.5 Å². The van der Waals surface area contributed by atoms with E-state index in [-0.39, 0.29) is 18.0 Å². The van der Waals surface area contributed by atoms with E-state index < -0.39 is 15.9 Å². The minimum atomic E-state index is -3.24. The van der Waals surface area contributed by atoms with Crippen molar-refractivity contribution < 1.29 is 18.6 Å². The third-order valence-electron chi connectivity index (χ3n) is 1.89. The number of aliphatic hydroxyl groups excluding tert-OH is 2. The van der Waals surface area contributed by atoms with E-state index in [1.54, 1.807) is 0 Å². The number of nitrogens with one attached hydrogen (secondary N) is 1. The van der Waals surface area contributed by atoms with Gasteiger partial charge in [0.2, 0.25) is 0 Å². The van der Waals surface area contributed by atoms with E-state index in [9.17, 15) is 8.42 Å². The Bertz CT molecular complexity index is 429. The van der Waals surface area contributed by atoms with Crippen molar-refractivity contribution in [1.29, 1.82) is 0 Å². The van der Waals surface area contributed by atoms with Gasteiger partial charge in [0.05, 0.1) is 17.6 Å². The molecule has 0 saturated heterocycles. The second-order valence-corrected chi connectivity index (χ2v) is 5.38. The smallest absolute Gasteiger partial charge is 0.177 e. The molecule has 1 aromatic heterocycles. The number of sulfone groups is 1. The maximum Gasteiger partial charge on any atom is 0.177 e. The number of anilines is 1. The quantitative estimate of drug-likeness (QED) is 0.632. The summed E-state index contributed by atoms with van der Waals surface area (Å²) in [6, 6.07) is 2.93. The molecule has 6 nitrogen and oxygen atoms in total. The normalized spacial score (nSPS) is 13.4. The lowest BCUT2D eigenvalue weighted by Gasteiger charge is -2.09. The number of hydrogen-bond acceptors (Lipinski definition) is 6. The van der Waals surface area contributed by atoms with Crippen molar-refractivity contribution in [3.8, 4) is 0 Å². The van der Waals surface area contributed by atoms with Crippen LogP contribution in [0.1, 0.15) is 0 Å². The lowest BCUT2D eigenvalue weighted by Crippen LogP contribution is -2.23. The Morgan fingerprint density at radius 2 is 2.19 bits per heavy atom. The molecule has 0 aliphatic rings. The van der Waals surface area contributed by atoms with Gasteiger partial charge in [0.1, 0.15) is 5.82 Å². The van der Waals surface area contributed by atoms with Crippen LogP contribution in [0, 0.1) is 0 Å². The molecular weight excluding hydrogens is 232 g/mol. The van der Waals surface area contributed by atoms with Crippen LogP contribution in [0.3, 0.4) is 0 Å². The van der Waals surface area contributed by atoms with Gasteiger partial charge in [-0.25, -0.2) is 13.4 Å². The van der Waals surface area contributed by atoms with Crippen LogP contribution in [-0.2, 0) is 9.84 Å². The molecular formula is C9H14N2O4S. The van der Waals surface area contributed by atoms with Crippen molar-refractivity contribution >= 4 is 15.7 Å². The van der Waals surface area contributed by atoms with Crippen LogP contribution in [0.2, 0.25) is 0 Å². The zero-order valence-electron chi connectivity index (χ0n) is 8.79. The van der Waals surface area contributed by atoms with Gasteiger partial charge in [-0.3, -0.25) is 0 Å². The van der Waals surface area contributed by atoms with Crippen LogP contribution in [0.25, 0.3) is 0 Å². The highest BCUT2D eigenvalue weighted by Gasteiger charge is 2.07. The summed E-state index contributed by atoms with van der Waals surface area (Å²) in [5, 5.41) is 20.4. The molecule has 0 spiro atoms. The van der Waals surface area contributed by atoms with Crippen molar-refractivity contribution in [2.24, 2.45) is 0 Å². The highest BCUT2D eigenvalue weighted by Crippen LogP contribution is 2.10. The van der Waals surface area contributed by atoms with E-state index in [4.69, 9.17) is 10.2 Å². The predicted molar refractivity (Wildman–Crippen MR) is 58.9 cm³/mol. The largest absolute Gasteiger partial charge is 0.394 e. The Morgan fingerprint density at radius 3 is 2.62 bits per heavy atom. The van der Waals surface area contributed by atoms with Gasteiger partial charge in [-0.05, 0) is 12.1 Å². The molecule has 0 aliphatic carbocycles. The van der Waals surface area contributed by atoms with E-state index in [0.717, 1.165) is 6.26 Å². The minimum absolute atomic E-state index is 0.140. The summed E-state index contributed by atoms with van der Waals surface area (Å²) < 4.78 is 22.2. The van der Waals surface area contributed by atoms with Crippen LogP contribution in [-0.4, -0.2) is 49.1 Å². The van der Waals surface area contributed by atoms with Gasteiger partial charge < -0.3 is 15.5 Å². The van der Waals surface area contributed by atoms with E-state index in [0.29, 0.717) is 5.82 Å². The first kappa shape index (κ1) is 12.9. The van der Waals surface area contributed by atoms with E-state index in [1.165, 1.54) is 18.3 Å². The molecule has 0 aromatic carbocycles. The Kier molecular flexibility index (Phi) is 4.22. The molecule has 1 aromatic rings. The number of nitrogens with zero attached hydrogens (tertiary/aromatic N) is 1. The maximum absolute atomic E-state index is 11.1. The molecule has 0 bridgehead atoms. The fourth-order valence-corrected chi connectivity index (χ4v) is 1.55. The third-order valence-corrected chi connectivity index (χ3v) is 2.99. The van der Waals surface area contributed by atoms with Gasteiger partial charge in [0.25, 0.3) is 0 Å². The summed E-state index contributed by atoms with van der Waals surface area (Å²) in [7, 11) is -3.24. The predicted octanol–water partition coefficient (Wildman–Crippen LogP) is -0.750. The van der Waals surface area contributed by atoms with Crippen molar-refractivity contribution in [1.82, 2.24) is 4.98 Å². The van der Waals surface area contributed by atoms with Gasteiger partial charge in [-0.1, -0.05) is 0 Å². The summed E-state index contributed by atoms with van der Waals surface area (Å²) in [4.78, 5) is 4.01. The average molecular weight is 246 g/mol. The van der Waals surface area contributed by atoms with Crippen molar-refractivity contribution in [3.63, 3.8) is 0 Å². The average Bonchev–Trinajstić information content (AvgIpc) is 2.25. The second-order valence-electron chi connectivity index (χ2n) is 3.37. The monoisotopic (exact) mass is 246 g/mol. The van der Waals surface area contributed by atoms with Gasteiger partial charge in [0, 0.05) is 19.0 Å². The van der Waals surface area contributed by atoms with Crippen LogP contribution < -0.4 is 5.32 Å². The lowest BCUT2D eigenvalue weighted by atomic mass is 10.3. The first-order valence-electron chi connectivity index (χ1n) is 4.62. The van der Waals surface area contributed by atoms with Crippen molar-refractivity contribution in [2.75, 3.05) is 24.7 Å². The zero-order valence-corrected chi connectivity index (χ0v) is 9.61. The number of rotatable bonds is 5. The molecule has 90 valence electrons. The van der Waals surface area contributed by atoms with Crippen molar-refractivity contribution in [2.45, 2.75) is 11.0 Å². The number of pyridine rings is 1. The molecule has 0 radical (unpaired) electrons. The summed E-state index contributed by atoms with van der Waals surface area (Å²) in [6.07, 6.45) is 1.48. The number of hydrogen-bond donors (Lipinski definition) is 3. The highest BCUT2D eigenvalue weighted by atomic mass is 32.2. The van der Waals surface area contributed by atoms with Gasteiger partial charge in [-0.2, -0.15) is 0 Å². The zero-order chi connectivity index (χ0) is 12.2. The third kappa shape index (κ3) is 3.76. The summed E-state index contributed by atoms with van der Waals surface area (Å²) in [6.45, 7) is -0.184. The van der Waals surface area contributed by atoms with Gasteiger partial charge in [0.15, 0.2) is 9.84 Å². The highest BCUT2D eigenvalue weighted by molar-refractivity contribution is 7.90. The molecule has 16 heavy (non-hydrogen) atoms. The minimum Gasteiger partial charge on any atom is -0.394 e. The fraction of sp³-hybridized carbons (Fsp3) is 0.444. The molecule has 7 heteroatoms. The summed E-state index contributed by atoms with van der Waals surface area (Å²) in [5.41, 5.74) is 0. The molecule has 0 amide bonds. The first-order valence-corrected chi connectivity index (χ1v) is 6.51. The van der Waals surface area contributed by atoms with Crippen LogP contribution in [0.15, 0.2) is 23.2 Å². The van der Waals surface area contributed by atoms with Crippen LogP contribution in [0.4, 0.5) is 5.82 Å². The molecule has 0 saturated carbocycles. The van der Waals surface area contributed by atoms with Crippen molar-refractivity contribution in [3.05, 3.63) is 18.3 Å². The standard InChI is InChI=1S/C9H14N2O4S/c1-16(14,15)8-2-3-9(11-5-8)10-4-7(13)6-12/h2-3,5,7,12-13H,4,6H2,1H3,(H,10,11)/t7-/m1/s1. The first-order chi connectivity index (χ1) is 7.43. The van der Waals surface area contributed by atoms with Gasteiger partial charge >= 0.3 is 0 Å². The number of aliphatic hydroxyl groups is 2. The summed E-state index contributed by atoms with van der Waals surface area (Å²) in [5.74, 6) is 0.444. The maximum atomic E-state index is 11.1. The SMILES string of the molecule is CS(=O)(=O)c1ccc(NC[C@@H](O)CO)nc1. The van der Waals surface area contributed by atoms with E-state index in [1.807, 2.05) is 0 Å². The van der Waals surface area contributed by atoms with Crippen LogP contribution in [0.5, 0.6) is 0 Å². The molecule has 1 rings (SSSR count).